The van der Waals surface area contributed by atoms with Crippen molar-refractivity contribution in [3.63, 3.8) is 0 Å². The highest BCUT2D eigenvalue weighted by molar-refractivity contribution is 5.69. The molecule has 0 spiro atoms. The molecule has 15 heavy (non-hydrogen) atoms. The van der Waals surface area contributed by atoms with Crippen LogP contribution in [0.4, 0.5) is 0 Å². The SMILES string of the molecule is CCOC(=O)CC[N+]1(C)CCCCCC1. The highest BCUT2D eigenvalue weighted by atomic mass is 16.5. The summed E-state index contributed by atoms with van der Waals surface area (Å²) in [4.78, 5) is 11.3. The highest BCUT2D eigenvalue weighted by Gasteiger charge is 2.24. The zero-order valence-corrected chi connectivity index (χ0v) is 10.1. The third kappa shape index (κ3) is 4.65. The average Bonchev–Trinajstić information content (AvgIpc) is 2.42. The molecule has 1 aliphatic rings. The smallest absolute Gasteiger partial charge is 0.311 e. The molecule has 0 aromatic rings. The first-order valence-corrected chi connectivity index (χ1v) is 6.15. The summed E-state index contributed by atoms with van der Waals surface area (Å²) in [7, 11) is 2.27. The lowest BCUT2D eigenvalue weighted by Gasteiger charge is -2.33. The topological polar surface area (TPSA) is 26.3 Å². The second-order valence-corrected chi connectivity index (χ2v) is 4.76. The molecule has 0 N–H and O–H groups in total. The predicted molar refractivity (Wildman–Crippen MR) is 60.5 cm³/mol. The minimum atomic E-state index is -0.0407. The van der Waals surface area contributed by atoms with Gasteiger partial charge in [0.05, 0.1) is 39.7 Å². The van der Waals surface area contributed by atoms with E-state index in [-0.39, 0.29) is 5.97 Å². The fraction of sp³-hybridized carbons (Fsp3) is 0.917. The van der Waals surface area contributed by atoms with Gasteiger partial charge in [-0.3, -0.25) is 4.79 Å². The van der Waals surface area contributed by atoms with Gasteiger partial charge in [0.15, 0.2) is 0 Å². The maximum absolute atomic E-state index is 11.3. The van der Waals surface area contributed by atoms with Crippen LogP contribution in [0.5, 0.6) is 0 Å². The average molecular weight is 214 g/mol. The molecule has 1 fully saturated rings. The lowest BCUT2D eigenvalue weighted by Crippen LogP contribution is -2.46. The minimum Gasteiger partial charge on any atom is -0.466 e. The van der Waals surface area contributed by atoms with Crippen LogP contribution in [0.15, 0.2) is 0 Å². The summed E-state index contributed by atoms with van der Waals surface area (Å²) in [6.07, 6.45) is 5.89. The van der Waals surface area contributed by atoms with Crippen LogP contribution in [-0.2, 0) is 9.53 Å². The van der Waals surface area contributed by atoms with E-state index in [1.807, 2.05) is 6.92 Å². The summed E-state index contributed by atoms with van der Waals surface area (Å²) in [5, 5.41) is 0. The second kappa shape index (κ2) is 6.11. The molecule has 1 rings (SSSR count). The van der Waals surface area contributed by atoms with Crippen LogP contribution in [0, 0.1) is 0 Å². The van der Waals surface area contributed by atoms with Crippen LogP contribution in [0.1, 0.15) is 39.0 Å². The maximum atomic E-state index is 11.3. The van der Waals surface area contributed by atoms with E-state index in [2.05, 4.69) is 7.05 Å². The molecule has 88 valence electrons. The fourth-order valence-corrected chi connectivity index (χ4v) is 2.27. The number of likely N-dealkylation sites (tertiary alicyclic amines) is 1. The predicted octanol–water partition coefficient (Wildman–Crippen LogP) is 1.96. The number of rotatable bonds is 4. The van der Waals surface area contributed by atoms with Gasteiger partial charge >= 0.3 is 5.97 Å². The Kier molecular flexibility index (Phi) is 5.09. The van der Waals surface area contributed by atoms with Crippen LogP contribution < -0.4 is 0 Å². The molecule has 1 saturated heterocycles. The summed E-state index contributed by atoms with van der Waals surface area (Å²) >= 11 is 0. The molecule has 0 unspecified atom stereocenters. The third-order valence-corrected chi connectivity index (χ3v) is 3.31. The van der Waals surface area contributed by atoms with E-state index in [0.717, 1.165) is 11.0 Å². The van der Waals surface area contributed by atoms with Gasteiger partial charge < -0.3 is 9.22 Å². The molecule has 3 nitrogen and oxygen atoms in total. The van der Waals surface area contributed by atoms with Gasteiger partial charge in [-0.05, 0) is 32.6 Å². The molecule has 0 radical (unpaired) electrons. The summed E-state index contributed by atoms with van der Waals surface area (Å²) in [6.45, 7) is 5.75. The van der Waals surface area contributed by atoms with Crippen LogP contribution >= 0.6 is 0 Å². The van der Waals surface area contributed by atoms with Crippen LogP contribution in [0.3, 0.4) is 0 Å². The first-order chi connectivity index (χ1) is 7.16. The number of hydrogen-bond donors (Lipinski definition) is 0. The number of hydrogen-bond acceptors (Lipinski definition) is 2. The largest absolute Gasteiger partial charge is 0.466 e. The molecule has 0 aliphatic carbocycles. The van der Waals surface area contributed by atoms with E-state index in [9.17, 15) is 4.79 Å². The van der Waals surface area contributed by atoms with E-state index in [1.165, 1.54) is 38.8 Å². The van der Waals surface area contributed by atoms with Crippen molar-refractivity contribution in [3.8, 4) is 0 Å². The van der Waals surface area contributed by atoms with Gasteiger partial charge in [0, 0.05) is 0 Å². The normalized spacial score (nSPS) is 20.7. The molecule has 1 heterocycles. The molecule has 1 aliphatic heterocycles. The molecule has 0 bridgehead atoms. The van der Waals surface area contributed by atoms with Crippen molar-refractivity contribution in [2.24, 2.45) is 0 Å². The number of carbonyl (C=O) groups is 1. The number of carbonyl (C=O) groups excluding carboxylic acids is 1. The zero-order chi connectivity index (χ0) is 11.1. The van der Waals surface area contributed by atoms with Crippen molar-refractivity contribution in [1.29, 1.82) is 0 Å². The third-order valence-electron chi connectivity index (χ3n) is 3.31. The Balaban J connectivity index is 2.30. The Labute approximate surface area is 93.0 Å². The molecule has 0 aromatic carbocycles. The van der Waals surface area contributed by atoms with Gasteiger partial charge in [0.2, 0.25) is 0 Å². The number of esters is 1. The van der Waals surface area contributed by atoms with Gasteiger partial charge in [-0.2, -0.15) is 0 Å². The standard InChI is InChI=1S/C12H24NO2/c1-3-15-12(14)8-11-13(2)9-6-4-5-7-10-13/h3-11H2,1-2H3/q+1. The summed E-state index contributed by atoms with van der Waals surface area (Å²) in [5.41, 5.74) is 0. The fourth-order valence-electron chi connectivity index (χ4n) is 2.27. The Morgan fingerprint density at radius 2 is 1.80 bits per heavy atom. The van der Waals surface area contributed by atoms with Crippen LogP contribution in [0.25, 0.3) is 0 Å². The van der Waals surface area contributed by atoms with E-state index in [4.69, 9.17) is 4.74 Å². The van der Waals surface area contributed by atoms with Gasteiger partial charge in [-0.1, -0.05) is 0 Å². The van der Waals surface area contributed by atoms with Crippen molar-refractivity contribution in [3.05, 3.63) is 0 Å². The Bertz CT molecular complexity index is 196. The van der Waals surface area contributed by atoms with E-state index in [0.29, 0.717) is 13.0 Å². The number of nitrogens with zero attached hydrogens (tertiary/aromatic N) is 1. The number of quaternary nitrogens is 1. The van der Waals surface area contributed by atoms with E-state index in [1.54, 1.807) is 0 Å². The van der Waals surface area contributed by atoms with Crippen molar-refractivity contribution in [2.75, 3.05) is 33.3 Å². The van der Waals surface area contributed by atoms with E-state index < -0.39 is 0 Å². The quantitative estimate of drug-likeness (QED) is 0.528. The molecular weight excluding hydrogens is 190 g/mol. The van der Waals surface area contributed by atoms with Crippen molar-refractivity contribution in [2.45, 2.75) is 39.0 Å². The van der Waals surface area contributed by atoms with Crippen LogP contribution in [-0.4, -0.2) is 43.7 Å². The Morgan fingerprint density at radius 1 is 1.20 bits per heavy atom. The summed E-state index contributed by atoms with van der Waals surface area (Å²) in [5.74, 6) is -0.0407. The summed E-state index contributed by atoms with van der Waals surface area (Å²) < 4.78 is 6.01. The van der Waals surface area contributed by atoms with Gasteiger partial charge in [0.1, 0.15) is 0 Å². The summed E-state index contributed by atoms with van der Waals surface area (Å²) in [6, 6.07) is 0. The van der Waals surface area contributed by atoms with Gasteiger partial charge in [-0.25, -0.2) is 0 Å². The van der Waals surface area contributed by atoms with Gasteiger partial charge in [0.25, 0.3) is 0 Å². The lowest BCUT2D eigenvalue weighted by atomic mass is 10.2. The first kappa shape index (κ1) is 12.5. The maximum Gasteiger partial charge on any atom is 0.311 e. The molecule has 3 heteroatoms. The van der Waals surface area contributed by atoms with Crippen molar-refractivity contribution in [1.82, 2.24) is 0 Å². The Morgan fingerprint density at radius 3 is 2.33 bits per heavy atom. The Hall–Kier alpha value is -0.570. The molecule has 0 aromatic heterocycles. The van der Waals surface area contributed by atoms with Crippen molar-refractivity contribution >= 4 is 5.97 Å². The molecular formula is C12H24NO2+. The lowest BCUT2D eigenvalue weighted by molar-refractivity contribution is -0.908. The zero-order valence-electron chi connectivity index (χ0n) is 10.1. The second-order valence-electron chi connectivity index (χ2n) is 4.76. The first-order valence-electron chi connectivity index (χ1n) is 6.15. The van der Waals surface area contributed by atoms with E-state index >= 15 is 0 Å². The van der Waals surface area contributed by atoms with Gasteiger partial charge in [-0.15, -0.1) is 0 Å². The van der Waals surface area contributed by atoms with Crippen molar-refractivity contribution < 1.29 is 14.0 Å². The molecule has 0 saturated carbocycles. The molecule has 0 atom stereocenters. The monoisotopic (exact) mass is 214 g/mol. The minimum absolute atomic E-state index is 0.0407. The van der Waals surface area contributed by atoms with Crippen LogP contribution in [0.2, 0.25) is 0 Å². The number of ether oxygens (including phenoxy) is 1. The highest BCUT2D eigenvalue weighted by Crippen LogP contribution is 2.16. The molecule has 0 amide bonds.